The third-order valence-corrected chi connectivity index (χ3v) is 4.17. The van der Waals surface area contributed by atoms with Crippen LogP contribution >= 0.6 is 12.2 Å². The second kappa shape index (κ2) is 7.61. The quantitative estimate of drug-likeness (QED) is 0.689. The van der Waals surface area contributed by atoms with Crippen LogP contribution in [0.4, 0.5) is 5.69 Å². The topological polar surface area (TPSA) is 71.8 Å². The average Bonchev–Trinajstić information content (AvgIpc) is 2.98. The summed E-state index contributed by atoms with van der Waals surface area (Å²) in [5.74, 6) is -0.0888. The second-order valence-electron chi connectivity index (χ2n) is 6.23. The van der Waals surface area contributed by atoms with Crippen LogP contribution in [0.25, 0.3) is 16.7 Å². The number of anilines is 1. The summed E-state index contributed by atoms with van der Waals surface area (Å²) in [6, 6.07) is 11.9. The molecule has 1 amide bonds. The van der Waals surface area contributed by atoms with Gasteiger partial charge in [-0.25, -0.2) is 0 Å². The molecule has 1 heterocycles. The molecule has 0 unspecified atom stereocenters. The van der Waals surface area contributed by atoms with Gasteiger partial charge in [-0.1, -0.05) is 24.6 Å². The standard InChI is InChI=1S/C19H21N5OS/c1-4-5-18(25)21-19(26)20-15-11-17-16(10-13(15)3)22-24(23-17)14-8-6-12(2)7-9-14/h6-11H,4-5H2,1-3H3,(H2,20,21,25,26). The number of benzene rings is 2. The van der Waals surface area contributed by atoms with Crippen LogP contribution in [0.3, 0.4) is 0 Å². The molecule has 0 atom stereocenters. The van der Waals surface area contributed by atoms with Gasteiger partial charge >= 0.3 is 0 Å². The first-order chi connectivity index (χ1) is 12.5. The Morgan fingerprint density at radius 2 is 1.77 bits per heavy atom. The van der Waals surface area contributed by atoms with Crippen molar-refractivity contribution in [3.63, 3.8) is 0 Å². The van der Waals surface area contributed by atoms with Crippen LogP contribution in [-0.4, -0.2) is 26.0 Å². The number of nitrogens with zero attached hydrogens (tertiary/aromatic N) is 3. The van der Waals surface area contributed by atoms with Crippen molar-refractivity contribution in [2.24, 2.45) is 0 Å². The minimum atomic E-state index is -0.0888. The summed E-state index contributed by atoms with van der Waals surface area (Å²) in [4.78, 5) is 13.3. The Morgan fingerprint density at radius 1 is 1.12 bits per heavy atom. The van der Waals surface area contributed by atoms with E-state index in [1.165, 1.54) is 5.56 Å². The SMILES string of the molecule is CCCC(=O)NC(=S)Nc1cc2nn(-c3ccc(C)cc3)nc2cc1C. The van der Waals surface area contributed by atoms with Crippen LogP contribution < -0.4 is 10.6 Å². The number of aromatic nitrogens is 3. The highest BCUT2D eigenvalue weighted by molar-refractivity contribution is 7.80. The number of hydrogen-bond donors (Lipinski definition) is 2. The minimum absolute atomic E-state index is 0.0888. The van der Waals surface area contributed by atoms with E-state index >= 15 is 0 Å². The fraction of sp³-hybridized carbons (Fsp3) is 0.263. The van der Waals surface area contributed by atoms with Crippen molar-refractivity contribution in [3.05, 3.63) is 47.5 Å². The molecular weight excluding hydrogens is 346 g/mol. The Hall–Kier alpha value is -2.80. The Morgan fingerprint density at radius 3 is 2.42 bits per heavy atom. The summed E-state index contributed by atoms with van der Waals surface area (Å²) < 4.78 is 0. The van der Waals surface area contributed by atoms with Gasteiger partial charge in [0.1, 0.15) is 11.0 Å². The highest BCUT2D eigenvalue weighted by Gasteiger charge is 2.10. The maximum Gasteiger partial charge on any atom is 0.226 e. The number of carbonyl (C=O) groups excluding carboxylic acids is 1. The van der Waals surface area contributed by atoms with Crippen LogP contribution in [0, 0.1) is 13.8 Å². The highest BCUT2D eigenvalue weighted by Crippen LogP contribution is 2.22. The summed E-state index contributed by atoms with van der Waals surface area (Å²) in [6.07, 6.45) is 1.23. The molecule has 26 heavy (non-hydrogen) atoms. The molecule has 0 spiro atoms. The second-order valence-corrected chi connectivity index (χ2v) is 6.64. The van der Waals surface area contributed by atoms with E-state index in [0.29, 0.717) is 6.42 Å². The van der Waals surface area contributed by atoms with Gasteiger partial charge in [-0.15, -0.1) is 10.2 Å². The number of carbonyl (C=O) groups is 1. The number of rotatable bonds is 4. The molecule has 2 N–H and O–H groups in total. The van der Waals surface area contributed by atoms with Crippen molar-refractivity contribution in [1.29, 1.82) is 0 Å². The van der Waals surface area contributed by atoms with E-state index in [-0.39, 0.29) is 11.0 Å². The van der Waals surface area contributed by atoms with Gasteiger partial charge in [-0.05, 0) is 62.3 Å². The summed E-state index contributed by atoms with van der Waals surface area (Å²) in [7, 11) is 0. The first kappa shape index (κ1) is 18.0. The van der Waals surface area contributed by atoms with Gasteiger partial charge in [0.05, 0.1) is 5.69 Å². The molecule has 3 aromatic rings. The maximum atomic E-state index is 11.7. The Labute approximate surface area is 157 Å². The fourth-order valence-electron chi connectivity index (χ4n) is 2.57. The normalized spacial score (nSPS) is 10.7. The molecule has 0 saturated heterocycles. The van der Waals surface area contributed by atoms with Crippen molar-refractivity contribution < 1.29 is 4.79 Å². The van der Waals surface area contributed by atoms with E-state index in [4.69, 9.17) is 12.2 Å². The smallest absolute Gasteiger partial charge is 0.226 e. The number of hydrogen-bond acceptors (Lipinski definition) is 4. The predicted octanol–water partition coefficient (Wildman–Crippen LogP) is 3.65. The Bertz CT molecular complexity index is 962. The molecule has 1 aromatic heterocycles. The average molecular weight is 367 g/mol. The van der Waals surface area contributed by atoms with Crippen LogP contribution in [-0.2, 0) is 4.79 Å². The number of aryl methyl sites for hydroxylation is 2. The van der Waals surface area contributed by atoms with Crippen molar-refractivity contribution in [3.8, 4) is 5.69 Å². The zero-order valence-electron chi connectivity index (χ0n) is 15.0. The molecule has 0 aliphatic heterocycles. The number of thiocarbonyl (C=S) groups is 1. The molecule has 134 valence electrons. The van der Waals surface area contributed by atoms with Gasteiger partial charge in [-0.2, -0.15) is 4.80 Å². The lowest BCUT2D eigenvalue weighted by molar-refractivity contribution is -0.119. The highest BCUT2D eigenvalue weighted by atomic mass is 32.1. The predicted molar refractivity (Wildman–Crippen MR) is 108 cm³/mol. The van der Waals surface area contributed by atoms with E-state index < -0.39 is 0 Å². The molecule has 0 fully saturated rings. The summed E-state index contributed by atoms with van der Waals surface area (Å²) in [6.45, 7) is 5.95. The number of fused-ring (bicyclic) bond motifs is 1. The zero-order chi connectivity index (χ0) is 18.7. The third kappa shape index (κ3) is 4.05. The number of nitrogens with one attached hydrogen (secondary N) is 2. The van der Waals surface area contributed by atoms with E-state index in [1.54, 1.807) is 4.80 Å². The van der Waals surface area contributed by atoms with Gasteiger partial charge in [-0.3, -0.25) is 4.79 Å². The van der Waals surface area contributed by atoms with Gasteiger partial charge in [0.15, 0.2) is 5.11 Å². The number of amides is 1. The largest absolute Gasteiger partial charge is 0.332 e. The van der Waals surface area contributed by atoms with Crippen LogP contribution in [0.5, 0.6) is 0 Å². The lowest BCUT2D eigenvalue weighted by Crippen LogP contribution is -2.34. The van der Waals surface area contributed by atoms with E-state index in [1.807, 2.05) is 57.2 Å². The minimum Gasteiger partial charge on any atom is -0.332 e. The lowest BCUT2D eigenvalue weighted by Gasteiger charge is -2.11. The summed E-state index contributed by atoms with van der Waals surface area (Å²) in [5, 5.41) is 15.1. The molecular formula is C19H21N5OS. The Kier molecular flexibility index (Phi) is 5.27. The molecule has 7 heteroatoms. The van der Waals surface area contributed by atoms with Gasteiger partial charge < -0.3 is 10.6 Å². The van der Waals surface area contributed by atoms with Crippen LogP contribution in [0.2, 0.25) is 0 Å². The molecule has 2 aromatic carbocycles. The lowest BCUT2D eigenvalue weighted by atomic mass is 10.2. The fourth-order valence-corrected chi connectivity index (χ4v) is 2.79. The molecule has 0 aliphatic carbocycles. The van der Waals surface area contributed by atoms with Crippen molar-refractivity contribution in [2.45, 2.75) is 33.6 Å². The summed E-state index contributed by atoms with van der Waals surface area (Å²) in [5.41, 5.74) is 5.42. The maximum absolute atomic E-state index is 11.7. The van der Waals surface area contributed by atoms with Gasteiger partial charge in [0, 0.05) is 12.1 Å². The molecule has 0 radical (unpaired) electrons. The Balaban J connectivity index is 1.84. The van der Waals surface area contributed by atoms with E-state index in [0.717, 1.165) is 34.4 Å². The van der Waals surface area contributed by atoms with Gasteiger partial charge in [0.2, 0.25) is 5.91 Å². The molecule has 0 saturated carbocycles. The zero-order valence-corrected chi connectivity index (χ0v) is 15.9. The van der Waals surface area contributed by atoms with Crippen LogP contribution in [0.15, 0.2) is 36.4 Å². The van der Waals surface area contributed by atoms with Crippen molar-refractivity contribution >= 4 is 40.0 Å². The van der Waals surface area contributed by atoms with E-state index in [9.17, 15) is 4.79 Å². The first-order valence-electron chi connectivity index (χ1n) is 8.52. The molecule has 0 bridgehead atoms. The molecule has 6 nitrogen and oxygen atoms in total. The first-order valence-corrected chi connectivity index (χ1v) is 8.92. The third-order valence-electron chi connectivity index (χ3n) is 3.97. The van der Waals surface area contributed by atoms with Crippen LogP contribution in [0.1, 0.15) is 30.9 Å². The van der Waals surface area contributed by atoms with Crippen molar-refractivity contribution in [2.75, 3.05) is 5.32 Å². The molecule has 0 aliphatic rings. The summed E-state index contributed by atoms with van der Waals surface area (Å²) >= 11 is 5.22. The molecule has 3 rings (SSSR count). The van der Waals surface area contributed by atoms with Crippen molar-refractivity contribution in [1.82, 2.24) is 20.3 Å². The monoisotopic (exact) mass is 367 g/mol. The van der Waals surface area contributed by atoms with Gasteiger partial charge in [0.25, 0.3) is 0 Å². The van der Waals surface area contributed by atoms with E-state index in [2.05, 4.69) is 20.8 Å².